The molecule has 0 aromatic heterocycles. The molecule has 0 aliphatic heterocycles. The molecule has 2 aromatic rings. The van der Waals surface area contributed by atoms with Crippen LogP contribution in [0.25, 0.3) is 0 Å². The summed E-state index contributed by atoms with van der Waals surface area (Å²) in [5, 5.41) is 11.2. The quantitative estimate of drug-likeness (QED) is 0.360. The van der Waals surface area contributed by atoms with Crippen LogP contribution in [0.2, 0.25) is 0 Å². The van der Waals surface area contributed by atoms with Crippen molar-refractivity contribution in [1.82, 2.24) is 0 Å². The first kappa shape index (κ1) is 20.4. The summed E-state index contributed by atoms with van der Waals surface area (Å²) in [5.74, 6) is -0.109. The minimum atomic E-state index is -3.48. The molecule has 0 aliphatic carbocycles. The van der Waals surface area contributed by atoms with Crippen LogP contribution in [0.3, 0.4) is 0 Å². The number of hydrogen-bond acceptors (Lipinski definition) is 4. The van der Waals surface area contributed by atoms with Gasteiger partial charge in [-0.15, -0.1) is 0 Å². The van der Waals surface area contributed by atoms with Gasteiger partial charge in [-0.25, -0.2) is 0 Å². The summed E-state index contributed by atoms with van der Waals surface area (Å²) in [6.07, 6.45) is 3.56. The van der Waals surface area contributed by atoms with E-state index in [1.165, 1.54) is 6.07 Å². The molecule has 0 heterocycles. The van der Waals surface area contributed by atoms with E-state index in [0.29, 0.717) is 4.46 Å². The molecular formula is C19H21NO4SSe. The van der Waals surface area contributed by atoms with Gasteiger partial charge in [0.1, 0.15) is 0 Å². The summed E-state index contributed by atoms with van der Waals surface area (Å²) in [4.78, 5) is 11.1. The first-order valence-electron chi connectivity index (χ1n) is 8.23. The number of unbranched alkanes of at least 4 members (excludes halogenated alkanes) is 1. The second-order valence-corrected chi connectivity index (χ2v) is 10.3. The molecular weight excluding hydrogens is 417 g/mol. The van der Waals surface area contributed by atoms with Crippen molar-refractivity contribution in [3.05, 3.63) is 74.8 Å². The number of sulfone groups is 1. The van der Waals surface area contributed by atoms with Crippen molar-refractivity contribution in [2.75, 3.05) is 5.75 Å². The molecule has 0 atom stereocenters. The molecule has 0 spiro atoms. The van der Waals surface area contributed by atoms with Crippen LogP contribution in [0.5, 0.6) is 0 Å². The minimum absolute atomic E-state index is 0.0441. The van der Waals surface area contributed by atoms with E-state index in [0.717, 1.165) is 22.9 Å². The number of para-hydroxylation sites is 1. The third kappa shape index (κ3) is 5.53. The third-order valence-electron chi connectivity index (χ3n) is 3.68. The van der Waals surface area contributed by atoms with E-state index in [4.69, 9.17) is 0 Å². The molecule has 2 aromatic carbocycles. The van der Waals surface area contributed by atoms with E-state index in [-0.39, 0.29) is 16.3 Å². The number of aryl methyl sites for hydroxylation is 1. The Balaban J connectivity index is 2.31. The Labute approximate surface area is 160 Å². The monoisotopic (exact) mass is 439 g/mol. The first-order chi connectivity index (χ1) is 12.3. The number of rotatable bonds is 8. The van der Waals surface area contributed by atoms with Crippen LogP contribution in [0, 0.1) is 17.0 Å². The van der Waals surface area contributed by atoms with Gasteiger partial charge in [-0.3, -0.25) is 0 Å². The second-order valence-electron chi connectivity index (χ2n) is 5.86. The van der Waals surface area contributed by atoms with Crippen LogP contribution < -0.4 is 4.46 Å². The Morgan fingerprint density at radius 1 is 1.15 bits per heavy atom. The zero-order valence-electron chi connectivity index (χ0n) is 14.7. The van der Waals surface area contributed by atoms with Crippen molar-refractivity contribution in [2.45, 2.75) is 31.6 Å². The van der Waals surface area contributed by atoms with Crippen molar-refractivity contribution in [1.29, 1.82) is 0 Å². The van der Waals surface area contributed by atoms with Gasteiger partial charge in [0.25, 0.3) is 0 Å². The maximum absolute atomic E-state index is 12.8. The Morgan fingerprint density at radius 3 is 2.42 bits per heavy atom. The van der Waals surface area contributed by atoms with Crippen LogP contribution in [0.15, 0.2) is 64.0 Å². The molecule has 0 saturated heterocycles. The number of benzene rings is 2. The summed E-state index contributed by atoms with van der Waals surface area (Å²) in [6, 6.07) is 13.3. The van der Waals surface area contributed by atoms with Crippen LogP contribution in [0.4, 0.5) is 5.69 Å². The molecule has 5 nitrogen and oxygen atoms in total. The number of hydrogen-bond donors (Lipinski definition) is 0. The van der Waals surface area contributed by atoms with E-state index in [1.807, 2.05) is 19.9 Å². The van der Waals surface area contributed by atoms with Gasteiger partial charge in [0, 0.05) is 0 Å². The molecule has 0 unspecified atom stereocenters. The fraction of sp³-hybridized carbons (Fsp3) is 0.263. The predicted molar refractivity (Wildman–Crippen MR) is 105 cm³/mol. The molecule has 0 fully saturated rings. The number of nitrogens with zero attached hydrogens (tertiary/aromatic N) is 1. The molecule has 26 heavy (non-hydrogen) atoms. The number of nitro benzene ring substituents is 1. The van der Waals surface area contributed by atoms with Crippen molar-refractivity contribution < 1.29 is 13.3 Å². The molecule has 138 valence electrons. The van der Waals surface area contributed by atoms with Gasteiger partial charge in [-0.05, 0) is 0 Å². The molecule has 0 aliphatic rings. The van der Waals surface area contributed by atoms with Gasteiger partial charge >= 0.3 is 160 Å². The maximum atomic E-state index is 12.8. The van der Waals surface area contributed by atoms with E-state index >= 15 is 0 Å². The zero-order valence-corrected chi connectivity index (χ0v) is 17.2. The topological polar surface area (TPSA) is 77.3 Å². The van der Waals surface area contributed by atoms with Gasteiger partial charge in [0.05, 0.1) is 0 Å². The number of nitro groups is 1. The molecule has 0 saturated carbocycles. The van der Waals surface area contributed by atoms with Crippen LogP contribution in [-0.4, -0.2) is 34.1 Å². The molecule has 0 bridgehead atoms. The second kappa shape index (κ2) is 9.12. The van der Waals surface area contributed by atoms with Gasteiger partial charge < -0.3 is 0 Å². The summed E-state index contributed by atoms with van der Waals surface area (Å²) in [6.45, 7) is 3.92. The fourth-order valence-corrected chi connectivity index (χ4v) is 6.74. The van der Waals surface area contributed by atoms with Crippen molar-refractivity contribution in [3.63, 3.8) is 0 Å². The molecule has 0 N–H and O–H groups in total. The van der Waals surface area contributed by atoms with E-state index in [9.17, 15) is 18.5 Å². The Morgan fingerprint density at radius 2 is 1.81 bits per heavy atom. The van der Waals surface area contributed by atoms with Crippen LogP contribution in [0.1, 0.15) is 25.3 Å². The molecule has 7 heteroatoms. The average molecular weight is 438 g/mol. The summed E-state index contributed by atoms with van der Waals surface area (Å²) in [5.41, 5.74) is 1.04. The summed E-state index contributed by atoms with van der Waals surface area (Å²) >= 11 is -0.420. The zero-order chi connectivity index (χ0) is 19.2. The van der Waals surface area contributed by atoms with Crippen molar-refractivity contribution in [3.8, 4) is 0 Å². The normalized spacial score (nSPS) is 12.2. The molecule has 2 rings (SSSR count). The molecule has 0 radical (unpaired) electrons. The summed E-state index contributed by atoms with van der Waals surface area (Å²) in [7, 11) is -3.48. The molecule has 0 amide bonds. The van der Waals surface area contributed by atoms with E-state index in [1.54, 1.807) is 42.5 Å². The predicted octanol–water partition coefficient (Wildman–Crippen LogP) is 3.39. The van der Waals surface area contributed by atoms with Gasteiger partial charge in [-0.2, -0.15) is 0 Å². The van der Waals surface area contributed by atoms with E-state index < -0.39 is 29.7 Å². The summed E-state index contributed by atoms with van der Waals surface area (Å²) < 4.78 is 26.9. The van der Waals surface area contributed by atoms with Crippen molar-refractivity contribution >= 4 is 34.9 Å². The Kier molecular flexibility index (Phi) is 7.14. The van der Waals surface area contributed by atoms with Gasteiger partial charge in [-0.1, -0.05) is 0 Å². The standard InChI is InChI=1S/C19H21NO4SSe/c1-3-4-7-17(26-19-9-6-5-8-18(19)20(21)22)14-25(23,24)16-12-10-15(2)11-13-16/h5-13H,3-4,14H2,1-2H3/b17-7-. The van der Waals surface area contributed by atoms with Crippen molar-refractivity contribution in [2.24, 2.45) is 0 Å². The van der Waals surface area contributed by atoms with Crippen LogP contribution in [-0.2, 0) is 9.84 Å². The van der Waals surface area contributed by atoms with Gasteiger partial charge in [0.15, 0.2) is 0 Å². The van der Waals surface area contributed by atoms with E-state index in [2.05, 4.69) is 0 Å². The number of allylic oxidation sites excluding steroid dienone is 1. The van der Waals surface area contributed by atoms with Crippen LogP contribution >= 0.6 is 0 Å². The third-order valence-corrected chi connectivity index (χ3v) is 8.16. The fourth-order valence-electron chi connectivity index (χ4n) is 2.29. The SMILES string of the molecule is CCC/C=C(/CS(=O)(=O)c1ccc(C)cc1)[Se]c1ccccc1[N+](=O)[O-]. The average Bonchev–Trinajstić information content (AvgIpc) is 2.60. The van der Waals surface area contributed by atoms with Gasteiger partial charge in [0.2, 0.25) is 0 Å². The Bertz CT molecular complexity index is 905. The Hall–Kier alpha value is -1.95. The first-order valence-corrected chi connectivity index (χ1v) is 11.6.